The number of amides is 2. The molecule has 1 atom stereocenters. The summed E-state index contributed by atoms with van der Waals surface area (Å²) in [5.41, 5.74) is 2.57. The van der Waals surface area contributed by atoms with Crippen molar-refractivity contribution in [1.29, 1.82) is 0 Å². The van der Waals surface area contributed by atoms with Gasteiger partial charge in [-0.2, -0.15) is 0 Å². The van der Waals surface area contributed by atoms with Crippen molar-refractivity contribution in [3.63, 3.8) is 0 Å². The summed E-state index contributed by atoms with van der Waals surface area (Å²) in [7, 11) is 0. The lowest BCUT2D eigenvalue weighted by Gasteiger charge is -2.32. The molecule has 2 heterocycles. The van der Waals surface area contributed by atoms with Gasteiger partial charge in [0.05, 0.1) is 0 Å². The van der Waals surface area contributed by atoms with Gasteiger partial charge in [0.1, 0.15) is 6.04 Å². The molecule has 19 heavy (non-hydrogen) atoms. The monoisotopic (exact) mass is 258 g/mol. The lowest BCUT2D eigenvalue weighted by Crippen LogP contribution is -2.46. The topological polar surface area (TPSA) is 40.6 Å². The highest BCUT2D eigenvalue weighted by atomic mass is 16.2. The second-order valence-corrected chi connectivity index (χ2v) is 5.28. The van der Waals surface area contributed by atoms with Crippen molar-refractivity contribution in [1.82, 2.24) is 9.80 Å². The summed E-state index contributed by atoms with van der Waals surface area (Å²) < 4.78 is 0. The fourth-order valence-corrected chi connectivity index (χ4v) is 3.07. The summed E-state index contributed by atoms with van der Waals surface area (Å²) >= 11 is 0. The minimum Gasteiger partial charge on any atom is -0.336 e. The van der Waals surface area contributed by atoms with E-state index in [4.69, 9.17) is 0 Å². The summed E-state index contributed by atoms with van der Waals surface area (Å²) in [5, 5.41) is 0. The van der Waals surface area contributed by atoms with Gasteiger partial charge in [0, 0.05) is 19.6 Å². The molecule has 1 unspecified atom stereocenters. The molecule has 0 spiro atoms. The van der Waals surface area contributed by atoms with Crippen molar-refractivity contribution < 1.29 is 9.59 Å². The zero-order chi connectivity index (χ0) is 13.2. The standard InChI is InChI=1S/C15H18N2O2/c18-11-17-8-3-6-14(17)15(19)16-9-7-12-4-1-2-5-13(12)10-16/h1-2,4-5,11,14H,3,6-10H2. The predicted octanol–water partition coefficient (Wildman–Crippen LogP) is 1.19. The molecule has 0 aromatic heterocycles. The van der Waals surface area contributed by atoms with E-state index in [-0.39, 0.29) is 11.9 Å². The minimum atomic E-state index is -0.234. The van der Waals surface area contributed by atoms with Crippen LogP contribution in [-0.2, 0) is 22.6 Å². The minimum absolute atomic E-state index is 0.110. The first kappa shape index (κ1) is 12.2. The van der Waals surface area contributed by atoms with Gasteiger partial charge in [-0.1, -0.05) is 24.3 Å². The van der Waals surface area contributed by atoms with Crippen molar-refractivity contribution in [2.24, 2.45) is 0 Å². The van der Waals surface area contributed by atoms with E-state index in [1.54, 1.807) is 4.90 Å². The summed E-state index contributed by atoms with van der Waals surface area (Å²) in [4.78, 5) is 27.0. The van der Waals surface area contributed by atoms with Crippen LogP contribution < -0.4 is 0 Å². The fourth-order valence-electron chi connectivity index (χ4n) is 3.07. The molecule has 4 heteroatoms. The zero-order valence-electron chi connectivity index (χ0n) is 10.9. The maximum Gasteiger partial charge on any atom is 0.245 e. The largest absolute Gasteiger partial charge is 0.336 e. The SMILES string of the molecule is O=CN1CCCC1C(=O)N1CCc2ccccc2C1. The highest BCUT2D eigenvalue weighted by Gasteiger charge is 2.33. The van der Waals surface area contributed by atoms with E-state index in [0.29, 0.717) is 13.1 Å². The first-order valence-electron chi connectivity index (χ1n) is 6.86. The molecule has 100 valence electrons. The third kappa shape index (κ3) is 2.23. The van der Waals surface area contributed by atoms with Crippen LogP contribution in [0.4, 0.5) is 0 Å². The van der Waals surface area contributed by atoms with Crippen LogP contribution in [0.25, 0.3) is 0 Å². The van der Waals surface area contributed by atoms with E-state index >= 15 is 0 Å². The average molecular weight is 258 g/mol. The summed E-state index contributed by atoms with van der Waals surface area (Å²) in [5.74, 6) is 0.110. The van der Waals surface area contributed by atoms with Crippen LogP contribution in [0.3, 0.4) is 0 Å². The molecule has 0 saturated carbocycles. The number of nitrogens with zero attached hydrogens (tertiary/aromatic N) is 2. The molecular formula is C15H18N2O2. The van der Waals surface area contributed by atoms with Gasteiger partial charge >= 0.3 is 0 Å². The number of benzene rings is 1. The van der Waals surface area contributed by atoms with E-state index in [1.165, 1.54) is 11.1 Å². The van der Waals surface area contributed by atoms with Crippen LogP contribution in [0.5, 0.6) is 0 Å². The first-order valence-corrected chi connectivity index (χ1v) is 6.86. The summed E-state index contributed by atoms with van der Waals surface area (Å²) in [6.07, 6.45) is 3.46. The number of likely N-dealkylation sites (tertiary alicyclic amines) is 1. The summed E-state index contributed by atoms with van der Waals surface area (Å²) in [6, 6.07) is 8.04. The number of carbonyl (C=O) groups excluding carboxylic acids is 2. The third-order valence-electron chi connectivity index (χ3n) is 4.16. The smallest absolute Gasteiger partial charge is 0.245 e. The molecule has 1 fully saturated rings. The third-order valence-corrected chi connectivity index (χ3v) is 4.16. The van der Waals surface area contributed by atoms with Gasteiger partial charge in [-0.05, 0) is 30.4 Å². The lowest BCUT2D eigenvalue weighted by atomic mass is 9.99. The molecule has 2 amide bonds. The average Bonchev–Trinajstić information content (AvgIpc) is 2.94. The van der Waals surface area contributed by atoms with Crippen molar-refractivity contribution in [3.05, 3.63) is 35.4 Å². The van der Waals surface area contributed by atoms with Crippen LogP contribution in [0, 0.1) is 0 Å². The maximum atomic E-state index is 12.5. The van der Waals surface area contributed by atoms with E-state index in [9.17, 15) is 9.59 Å². The Labute approximate surface area is 113 Å². The predicted molar refractivity (Wildman–Crippen MR) is 71.4 cm³/mol. The van der Waals surface area contributed by atoms with Gasteiger partial charge in [-0.25, -0.2) is 0 Å². The fraction of sp³-hybridized carbons (Fsp3) is 0.467. The normalized spacial score (nSPS) is 22.2. The molecule has 2 aliphatic heterocycles. The Bertz CT molecular complexity index is 501. The van der Waals surface area contributed by atoms with Crippen LogP contribution >= 0.6 is 0 Å². The van der Waals surface area contributed by atoms with Crippen molar-refractivity contribution >= 4 is 12.3 Å². The Morgan fingerprint density at radius 2 is 2.00 bits per heavy atom. The second-order valence-electron chi connectivity index (χ2n) is 5.28. The molecule has 3 rings (SSSR count). The number of hydrogen-bond donors (Lipinski definition) is 0. The van der Waals surface area contributed by atoms with Gasteiger partial charge in [-0.3, -0.25) is 9.59 Å². The van der Waals surface area contributed by atoms with E-state index in [0.717, 1.165) is 32.2 Å². The van der Waals surface area contributed by atoms with Crippen molar-refractivity contribution in [3.8, 4) is 0 Å². The van der Waals surface area contributed by atoms with E-state index in [2.05, 4.69) is 12.1 Å². The highest BCUT2D eigenvalue weighted by molar-refractivity contribution is 5.84. The molecule has 4 nitrogen and oxygen atoms in total. The first-order chi connectivity index (χ1) is 9.29. The van der Waals surface area contributed by atoms with Crippen LogP contribution in [-0.4, -0.2) is 41.2 Å². The molecule has 1 aromatic rings. The molecule has 0 aliphatic carbocycles. The van der Waals surface area contributed by atoms with Gasteiger partial charge in [-0.15, -0.1) is 0 Å². The van der Waals surface area contributed by atoms with Crippen LogP contribution in [0.15, 0.2) is 24.3 Å². The summed E-state index contributed by atoms with van der Waals surface area (Å²) in [6.45, 7) is 2.15. The molecule has 1 aromatic carbocycles. The Kier molecular flexibility index (Phi) is 3.23. The van der Waals surface area contributed by atoms with Gasteiger partial charge < -0.3 is 9.80 Å². The van der Waals surface area contributed by atoms with Crippen molar-refractivity contribution in [2.45, 2.75) is 31.8 Å². The van der Waals surface area contributed by atoms with Crippen LogP contribution in [0.2, 0.25) is 0 Å². The number of hydrogen-bond acceptors (Lipinski definition) is 2. The van der Waals surface area contributed by atoms with Gasteiger partial charge in [0.25, 0.3) is 0 Å². The van der Waals surface area contributed by atoms with Crippen LogP contribution in [0.1, 0.15) is 24.0 Å². The number of fused-ring (bicyclic) bond motifs is 1. The molecule has 0 bridgehead atoms. The van der Waals surface area contributed by atoms with Crippen molar-refractivity contribution in [2.75, 3.05) is 13.1 Å². The zero-order valence-corrected chi connectivity index (χ0v) is 10.9. The Balaban J connectivity index is 1.74. The molecule has 0 radical (unpaired) electrons. The van der Waals surface area contributed by atoms with E-state index in [1.807, 2.05) is 17.0 Å². The quantitative estimate of drug-likeness (QED) is 0.748. The molecule has 2 aliphatic rings. The maximum absolute atomic E-state index is 12.5. The Morgan fingerprint density at radius 3 is 2.79 bits per heavy atom. The lowest BCUT2D eigenvalue weighted by molar-refractivity contribution is -0.140. The Morgan fingerprint density at radius 1 is 1.21 bits per heavy atom. The van der Waals surface area contributed by atoms with Gasteiger partial charge in [0.15, 0.2) is 0 Å². The molecular weight excluding hydrogens is 240 g/mol. The Hall–Kier alpha value is -1.84. The number of carbonyl (C=O) groups is 2. The van der Waals surface area contributed by atoms with Gasteiger partial charge in [0.2, 0.25) is 12.3 Å². The molecule has 0 N–H and O–H groups in total. The second kappa shape index (κ2) is 5.03. The molecule has 1 saturated heterocycles. The highest BCUT2D eigenvalue weighted by Crippen LogP contribution is 2.23. The van der Waals surface area contributed by atoms with E-state index < -0.39 is 0 Å². The number of rotatable bonds is 2.